The van der Waals surface area contributed by atoms with Crippen molar-refractivity contribution in [3.05, 3.63) is 176 Å². The van der Waals surface area contributed by atoms with Crippen LogP contribution in [-0.2, 0) is 0 Å². The second kappa shape index (κ2) is 12.4. The van der Waals surface area contributed by atoms with Crippen molar-refractivity contribution in [3.63, 3.8) is 0 Å². The molecule has 0 unspecified atom stereocenters. The van der Waals surface area contributed by atoms with Crippen LogP contribution < -0.4 is 0 Å². The van der Waals surface area contributed by atoms with Crippen LogP contribution in [0.1, 0.15) is 12.5 Å². The highest BCUT2D eigenvalue weighted by Crippen LogP contribution is 2.33. The molecule has 7 rings (SSSR count). The summed E-state index contributed by atoms with van der Waals surface area (Å²) in [5.74, 6) is 0.697. The molecule has 0 aliphatic rings. The first-order valence-corrected chi connectivity index (χ1v) is 15.2. The molecule has 45 heavy (non-hydrogen) atoms. The van der Waals surface area contributed by atoms with Crippen LogP contribution in [-0.4, -0.2) is 9.97 Å². The van der Waals surface area contributed by atoms with Gasteiger partial charge >= 0.3 is 0 Å². The van der Waals surface area contributed by atoms with Gasteiger partial charge in [-0.05, 0) is 63.2 Å². The number of rotatable bonds is 7. The molecule has 2 nitrogen and oxygen atoms in total. The summed E-state index contributed by atoms with van der Waals surface area (Å²) in [6.45, 7) is 5.97. The lowest BCUT2D eigenvalue weighted by Gasteiger charge is -2.12. The normalized spacial score (nSPS) is 11.4. The number of allylic oxidation sites excluding steroid dienone is 3. The van der Waals surface area contributed by atoms with Crippen molar-refractivity contribution >= 4 is 16.3 Å². The van der Waals surface area contributed by atoms with E-state index < -0.39 is 0 Å². The fraction of sp³-hybridized carbons (Fsp3) is 0.0233. The fourth-order valence-corrected chi connectivity index (χ4v) is 5.81. The van der Waals surface area contributed by atoms with Crippen LogP contribution in [0.4, 0.5) is 0 Å². The Bertz CT molecular complexity index is 2150. The van der Waals surface area contributed by atoms with Gasteiger partial charge in [0.25, 0.3) is 0 Å². The van der Waals surface area contributed by atoms with Crippen molar-refractivity contribution in [3.8, 4) is 56.2 Å². The Morgan fingerprint density at radius 3 is 1.87 bits per heavy atom. The van der Waals surface area contributed by atoms with E-state index in [-0.39, 0.29) is 0 Å². The predicted octanol–water partition coefficient (Wildman–Crippen LogP) is 11.6. The monoisotopic (exact) mass is 576 g/mol. The highest BCUT2D eigenvalue weighted by atomic mass is 14.9. The molecule has 0 fully saturated rings. The molecule has 0 saturated carbocycles. The molecule has 0 aliphatic heterocycles. The number of fused-ring (bicyclic) bond motifs is 1. The number of hydrogen-bond donors (Lipinski definition) is 0. The maximum absolute atomic E-state index is 5.11. The van der Waals surface area contributed by atoms with Crippen LogP contribution >= 0.6 is 0 Å². The Morgan fingerprint density at radius 2 is 1.09 bits per heavy atom. The zero-order valence-corrected chi connectivity index (χ0v) is 25.2. The summed E-state index contributed by atoms with van der Waals surface area (Å²) < 4.78 is 0. The maximum atomic E-state index is 5.11. The van der Waals surface area contributed by atoms with Crippen molar-refractivity contribution < 1.29 is 0 Å². The molecule has 7 aromatic rings. The van der Waals surface area contributed by atoms with Gasteiger partial charge in [0, 0.05) is 16.7 Å². The van der Waals surface area contributed by atoms with Gasteiger partial charge in [-0.3, -0.25) is 0 Å². The van der Waals surface area contributed by atoms with E-state index >= 15 is 0 Å². The molecule has 1 aromatic heterocycles. The summed E-state index contributed by atoms with van der Waals surface area (Å²) in [6.07, 6.45) is 3.85. The van der Waals surface area contributed by atoms with Gasteiger partial charge in [0.1, 0.15) is 0 Å². The van der Waals surface area contributed by atoms with Crippen LogP contribution in [0.2, 0.25) is 0 Å². The summed E-state index contributed by atoms with van der Waals surface area (Å²) in [5.41, 5.74) is 11.9. The zero-order valence-electron chi connectivity index (χ0n) is 25.2. The van der Waals surface area contributed by atoms with E-state index in [0.29, 0.717) is 5.82 Å². The van der Waals surface area contributed by atoms with E-state index in [1.165, 1.54) is 33.0 Å². The lowest BCUT2D eigenvalue weighted by molar-refractivity contribution is 1.18. The van der Waals surface area contributed by atoms with Crippen LogP contribution in [0, 0.1) is 0 Å². The Hall–Kier alpha value is -5.86. The van der Waals surface area contributed by atoms with Gasteiger partial charge in [0.2, 0.25) is 0 Å². The molecule has 2 heteroatoms. The fourth-order valence-electron chi connectivity index (χ4n) is 5.81. The molecule has 0 N–H and O–H groups in total. The van der Waals surface area contributed by atoms with Crippen LogP contribution in [0.3, 0.4) is 0 Å². The van der Waals surface area contributed by atoms with Gasteiger partial charge in [-0.1, -0.05) is 158 Å². The molecular formula is C43H32N2. The minimum absolute atomic E-state index is 0.697. The van der Waals surface area contributed by atoms with E-state index in [1.54, 1.807) is 0 Å². The second-order valence-corrected chi connectivity index (χ2v) is 11.2. The molecule has 0 aliphatic carbocycles. The highest BCUT2D eigenvalue weighted by Gasteiger charge is 2.13. The average Bonchev–Trinajstić information content (AvgIpc) is 3.12. The number of benzene rings is 6. The van der Waals surface area contributed by atoms with Crippen LogP contribution in [0.25, 0.3) is 72.5 Å². The van der Waals surface area contributed by atoms with E-state index in [1.807, 2.05) is 18.2 Å². The van der Waals surface area contributed by atoms with Gasteiger partial charge in [0.15, 0.2) is 5.82 Å². The van der Waals surface area contributed by atoms with Crippen molar-refractivity contribution in [2.45, 2.75) is 6.92 Å². The maximum Gasteiger partial charge on any atom is 0.160 e. The van der Waals surface area contributed by atoms with Crippen molar-refractivity contribution in [2.75, 3.05) is 0 Å². The van der Waals surface area contributed by atoms with Gasteiger partial charge < -0.3 is 0 Å². The van der Waals surface area contributed by atoms with Crippen molar-refractivity contribution in [2.24, 2.45) is 0 Å². The topological polar surface area (TPSA) is 25.8 Å². The first-order chi connectivity index (χ1) is 22.2. The molecule has 0 atom stereocenters. The molecule has 1 heterocycles. The highest BCUT2D eigenvalue weighted by molar-refractivity contribution is 5.96. The minimum Gasteiger partial charge on any atom is -0.228 e. The van der Waals surface area contributed by atoms with E-state index in [0.717, 1.165) is 39.2 Å². The third-order valence-corrected chi connectivity index (χ3v) is 8.24. The van der Waals surface area contributed by atoms with Crippen LogP contribution in [0.15, 0.2) is 170 Å². The summed E-state index contributed by atoms with van der Waals surface area (Å²) in [4.78, 5) is 10.2. The molecule has 0 bridgehead atoms. The van der Waals surface area contributed by atoms with Gasteiger partial charge in [0.05, 0.1) is 11.4 Å². The SMILES string of the molecule is C=C/C=C(\C)c1cccc(-c2cc(-c3ccc(-c4ccccc4)cc3)nc(-c3ccc(-c4cccc5ccccc45)cc3)n2)c1. The summed E-state index contributed by atoms with van der Waals surface area (Å²) >= 11 is 0. The van der Waals surface area contributed by atoms with Crippen LogP contribution in [0.5, 0.6) is 0 Å². The zero-order chi connectivity index (χ0) is 30.6. The van der Waals surface area contributed by atoms with Gasteiger partial charge in [-0.15, -0.1) is 0 Å². The predicted molar refractivity (Wildman–Crippen MR) is 191 cm³/mol. The molecule has 0 amide bonds. The Kier molecular flexibility index (Phi) is 7.70. The number of hydrogen-bond acceptors (Lipinski definition) is 2. The average molecular weight is 577 g/mol. The minimum atomic E-state index is 0.697. The third-order valence-electron chi connectivity index (χ3n) is 8.24. The second-order valence-electron chi connectivity index (χ2n) is 11.2. The van der Waals surface area contributed by atoms with Crippen molar-refractivity contribution in [1.29, 1.82) is 0 Å². The lowest BCUT2D eigenvalue weighted by Crippen LogP contribution is -1.96. The van der Waals surface area contributed by atoms with Gasteiger partial charge in [-0.25, -0.2) is 9.97 Å². The Balaban J connectivity index is 1.32. The van der Waals surface area contributed by atoms with E-state index in [9.17, 15) is 0 Å². The summed E-state index contributed by atoms with van der Waals surface area (Å²) in [5, 5.41) is 2.48. The Labute approximate surface area is 264 Å². The number of nitrogens with zero attached hydrogens (tertiary/aromatic N) is 2. The summed E-state index contributed by atoms with van der Waals surface area (Å²) in [7, 11) is 0. The molecule has 214 valence electrons. The molecule has 0 saturated heterocycles. The number of aromatic nitrogens is 2. The molecule has 0 spiro atoms. The molecule has 0 radical (unpaired) electrons. The molecular weight excluding hydrogens is 544 g/mol. The largest absolute Gasteiger partial charge is 0.228 e. The standard InChI is InChI=1S/C43H32N2/c1-3-11-30(2)37-16-9-17-38(28-37)42-29-41(35-24-20-32(21-25-35)31-12-5-4-6-13-31)44-43(45-42)36-26-22-34(23-27-36)40-19-10-15-33-14-7-8-18-39(33)40/h3-29H,1H2,2H3/b30-11+. The van der Waals surface area contributed by atoms with E-state index in [2.05, 4.69) is 159 Å². The first kappa shape index (κ1) is 27.9. The van der Waals surface area contributed by atoms with E-state index in [4.69, 9.17) is 9.97 Å². The Morgan fingerprint density at radius 1 is 0.511 bits per heavy atom. The summed E-state index contributed by atoms with van der Waals surface area (Å²) in [6, 6.07) is 53.2. The molecule has 6 aromatic carbocycles. The smallest absolute Gasteiger partial charge is 0.160 e. The van der Waals surface area contributed by atoms with Gasteiger partial charge in [-0.2, -0.15) is 0 Å². The lowest BCUT2D eigenvalue weighted by atomic mass is 9.97. The van der Waals surface area contributed by atoms with Crippen molar-refractivity contribution in [1.82, 2.24) is 9.97 Å². The first-order valence-electron chi connectivity index (χ1n) is 15.2. The quantitative estimate of drug-likeness (QED) is 0.176. The third kappa shape index (κ3) is 5.87.